The Morgan fingerprint density at radius 2 is 1.33 bits per heavy atom. The molecule has 0 aromatic rings. The van der Waals surface area contributed by atoms with E-state index in [1.54, 1.807) is 0 Å². The van der Waals surface area contributed by atoms with E-state index < -0.39 is 0 Å². The summed E-state index contributed by atoms with van der Waals surface area (Å²) in [4.78, 5) is 0. The number of hydrogen-bond donors (Lipinski definition) is 0. The molecule has 87 valence electrons. The molecule has 0 heterocycles. The molecule has 15 heavy (non-hydrogen) atoms. The molecule has 0 saturated carbocycles. The van der Waals surface area contributed by atoms with Crippen molar-refractivity contribution in [3.05, 3.63) is 31.2 Å². The summed E-state index contributed by atoms with van der Waals surface area (Å²) in [5.74, 6) is 0. The van der Waals surface area contributed by atoms with Gasteiger partial charge in [-0.15, -0.1) is 0 Å². The lowest BCUT2D eigenvalue weighted by molar-refractivity contribution is 0.611. The van der Waals surface area contributed by atoms with Gasteiger partial charge >= 0.3 is 0 Å². The SMILES string of the molecule is [CH2]C=CCCC=CCCCCCCCC. The van der Waals surface area contributed by atoms with Crippen LogP contribution in [0.3, 0.4) is 0 Å². The Balaban J connectivity index is 3.03. The Hall–Kier alpha value is -0.520. The van der Waals surface area contributed by atoms with Crippen LogP contribution in [0, 0.1) is 6.92 Å². The van der Waals surface area contributed by atoms with Crippen LogP contribution in [0.15, 0.2) is 24.3 Å². The highest BCUT2D eigenvalue weighted by Gasteiger charge is 1.87. The number of hydrogen-bond acceptors (Lipinski definition) is 0. The summed E-state index contributed by atoms with van der Waals surface area (Å²) in [5.41, 5.74) is 0. The second-order valence-corrected chi connectivity index (χ2v) is 4.08. The fraction of sp³-hybridized carbons (Fsp3) is 0.667. The van der Waals surface area contributed by atoms with E-state index in [9.17, 15) is 0 Å². The summed E-state index contributed by atoms with van der Waals surface area (Å²) in [6.45, 7) is 5.93. The summed E-state index contributed by atoms with van der Waals surface area (Å²) in [7, 11) is 0. The highest BCUT2D eigenvalue weighted by atomic mass is 13.9. The molecule has 0 saturated heterocycles. The maximum atomic E-state index is 3.66. The Morgan fingerprint density at radius 3 is 2.07 bits per heavy atom. The molecular formula is C15H27. The van der Waals surface area contributed by atoms with Crippen molar-refractivity contribution in [2.75, 3.05) is 0 Å². The highest BCUT2D eigenvalue weighted by molar-refractivity contribution is 4.88. The average molecular weight is 207 g/mol. The molecule has 0 heteroatoms. The van der Waals surface area contributed by atoms with Crippen molar-refractivity contribution in [3.8, 4) is 0 Å². The molecule has 1 radical (unpaired) electrons. The van der Waals surface area contributed by atoms with Crippen molar-refractivity contribution in [3.63, 3.8) is 0 Å². The normalized spacial score (nSPS) is 11.9. The second kappa shape index (κ2) is 13.5. The topological polar surface area (TPSA) is 0 Å². The molecule has 0 aliphatic heterocycles. The molecule has 0 amide bonds. The third-order valence-electron chi connectivity index (χ3n) is 2.56. The molecule has 0 rings (SSSR count). The molecule has 0 aliphatic rings. The number of rotatable bonds is 10. The van der Waals surface area contributed by atoms with Gasteiger partial charge in [0.05, 0.1) is 0 Å². The van der Waals surface area contributed by atoms with Gasteiger partial charge in [0.15, 0.2) is 0 Å². The zero-order chi connectivity index (χ0) is 11.2. The molecule has 0 aliphatic carbocycles. The molecular weight excluding hydrogens is 180 g/mol. The van der Waals surface area contributed by atoms with Gasteiger partial charge in [0, 0.05) is 0 Å². The van der Waals surface area contributed by atoms with Gasteiger partial charge in [-0.3, -0.25) is 0 Å². The van der Waals surface area contributed by atoms with E-state index in [0.29, 0.717) is 0 Å². The summed E-state index contributed by atoms with van der Waals surface area (Å²) in [6, 6.07) is 0. The number of allylic oxidation sites excluding steroid dienone is 4. The maximum Gasteiger partial charge on any atom is -0.0316 e. The third-order valence-corrected chi connectivity index (χ3v) is 2.56. The number of unbranched alkanes of at least 4 members (excludes halogenated alkanes) is 7. The zero-order valence-corrected chi connectivity index (χ0v) is 10.4. The van der Waals surface area contributed by atoms with Crippen LogP contribution in [-0.2, 0) is 0 Å². The van der Waals surface area contributed by atoms with Gasteiger partial charge in [-0.05, 0) is 32.6 Å². The lowest BCUT2D eigenvalue weighted by atomic mass is 10.1. The summed E-state index contributed by atoms with van der Waals surface area (Å²) in [6.07, 6.45) is 20.6. The van der Waals surface area contributed by atoms with Crippen molar-refractivity contribution >= 4 is 0 Å². The quantitative estimate of drug-likeness (QED) is 0.329. The van der Waals surface area contributed by atoms with Crippen LogP contribution in [0.2, 0.25) is 0 Å². The van der Waals surface area contributed by atoms with Crippen molar-refractivity contribution in [2.24, 2.45) is 0 Å². The molecule has 0 spiro atoms. The van der Waals surface area contributed by atoms with Crippen LogP contribution in [-0.4, -0.2) is 0 Å². The van der Waals surface area contributed by atoms with Crippen molar-refractivity contribution < 1.29 is 0 Å². The zero-order valence-electron chi connectivity index (χ0n) is 10.4. The first-order valence-electron chi connectivity index (χ1n) is 6.51. The van der Waals surface area contributed by atoms with Gasteiger partial charge in [0.1, 0.15) is 0 Å². The third kappa shape index (κ3) is 13.5. The molecule has 0 nitrogen and oxygen atoms in total. The van der Waals surface area contributed by atoms with E-state index in [-0.39, 0.29) is 0 Å². The van der Waals surface area contributed by atoms with E-state index >= 15 is 0 Å². The Bertz CT molecular complexity index is 153. The van der Waals surface area contributed by atoms with Gasteiger partial charge in [0.25, 0.3) is 0 Å². The largest absolute Gasteiger partial charge is 0.0885 e. The predicted octanol–water partition coefficient (Wildman–Crippen LogP) is 5.46. The van der Waals surface area contributed by atoms with Crippen molar-refractivity contribution in [2.45, 2.75) is 64.7 Å². The average Bonchev–Trinajstić information content (AvgIpc) is 2.26. The van der Waals surface area contributed by atoms with E-state index in [1.807, 2.05) is 6.08 Å². The summed E-state index contributed by atoms with van der Waals surface area (Å²) < 4.78 is 0. The lowest BCUT2D eigenvalue weighted by Crippen LogP contribution is -1.77. The van der Waals surface area contributed by atoms with Gasteiger partial charge < -0.3 is 0 Å². The Labute approximate surface area is 96.5 Å². The van der Waals surface area contributed by atoms with Crippen LogP contribution in [0.5, 0.6) is 0 Å². The predicted molar refractivity (Wildman–Crippen MR) is 70.9 cm³/mol. The minimum Gasteiger partial charge on any atom is -0.0885 e. The van der Waals surface area contributed by atoms with Crippen molar-refractivity contribution in [1.82, 2.24) is 0 Å². The second-order valence-electron chi connectivity index (χ2n) is 4.08. The van der Waals surface area contributed by atoms with Crippen molar-refractivity contribution in [1.29, 1.82) is 0 Å². The summed E-state index contributed by atoms with van der Waals surface area (Å²) >= 11 is 0. The van der Waals surface area contributed by atoms with E-state index in [2.05, 4.69) is 32.1 Å². The molecule has 0 bridgehead atoms. The van der Waals surface area contributed by atoms with Crippen LogP contribution in [0.4, 0.5) is 0 Å². The lowest BCUT2D eigenvalue weighted by Gasteiger charge is -1.97. The molecule has 0 atom stereocenters. The Kier molecular flexibility index (Phi) is 13.0. The first-order chi connectivity index (χ1) is 7.41. The van der Waals surface area contributed by atoms with Gasteiger partial charge in [-0.1, -0.05) is 63.3 Å². The fourth-order valence-electron chi connectivity index (χ4n) is 1.59. The van der Waals surface area contributed by atoms with E-state index in [4.69, 9.17) is 0 Å². The van der Waals surface area contributed by atoms with E-state index in [0.717, 1.165) is 6.42 Å². The molecule has 0 N–H and O–H groups in total. The minimum atomic E-state index is 1.14. The fourth-order valence-corrected chi connectivity index (χ4v) is 1.59. The standard InChI is InChI=1S/C15H27/c1-3-5-7-9-11-13-15-14-12-10-8-6-4-2/h3,5,11,13H,1,4,6-10,12,14-15H2,2H3. The smallest absolute Gasteiger partial charge is 0.0316 e. The minimum absolute atomic E-state index is 1.14. The van der Waals surface area contributed by atoms with Crippen LogP contribution in [0.25, 0.3) is 0 Å². The maximum absolute atomic E-state index is 3.66. The Morgan fingerprint density at radius 1 is 0.733 bits per heavy atom. The summed E-state index contributed by atoms with van der Waals surface area (Å²) in [5, 5.41) is 0. The molecule has 0 unspecified atom stereocenters. The van der Waals surface area contributed by atoms with E-state index in [1.165, 1.54) is 51.4 Å². The van der Waals surface area contributed by atoms with Gasteiger partial charge in [0.2, 0.25) is 0 Å². The first kappa shape index (κ1) is 14.5. The monoisotopic (exact) mass is 207 g/mol. The van der Waals surface area contributed by atoms with Gasteiger partial charge in [-0.2, -0.15) is 0 Å². The van der Waals surface area contributed by atoms with Crippen LogP contribution < -0.4 is 0 Å². The highest BCUT2D eigenvalue weighted by Crippen LogP contribution is 2.07. The molecule has 0 fully saturated rings. The van der Waals surface area contributed by atoms with Gasteiger partial charge in [-0.25, -0.2) is 0 Å². The molecule has 0 aromatic heterocycles. The molecule has 0 aromatic carbocycles. The van der Waals surface area contributed by atoms with Crippen LogP contribution >= 0.6 is 0 Å². The first-order valence-corrected chi connectivity index (χ1v) is 6.51. The van der Waals surface area contributed by atoms with Crippen LogP contribution in [0.1, 0.15) is 64.7 Å².